The Hall–Kier alpha value is -2.99. The SMILES string of the molecule is Cc1[nH]c(SCC(=O)N2CCc3[nH]c4ccccc4c3C2)nc1Cc1ccccc1. The van der Waals surface area contributed by atoms with Gasteiger partial charge in [0.25, 0.3) is 0 Å². The fraction of sp³-hybridized carbons (Fsp3) is 0.250. The van der Waals surface area contributed by atoms with E-state index in [2.05, 4.69) is 40.3 Å². The number of hydrogen-bond donors (Lipinski definition) is 2. The maximum atomic E-state index is 12.9. The lowest BCUT2D eigenvalue weighted by Gasteiger charge is -2.27. The van der Waals surface area contributed by atoms with Crippen LogP contribution in [0, 0.1) is 6.92 Å². The van der Waals surface area contributed by atoms with Gasteiger partial charge in [0, 0.05) is 53.8 Å². The average Bonchev–Trinajstić information content (AvgIpc) is 3.32. The molecular formula is C24H24N4OS. The molecule has 0 saturated carbocycles. The molecule has 0 atom stereocenters. The third kappa shape index (κ3) is 3.75. The molecule has 152 valence electrons. The number of H-pyrrole nitrogens is 2. The van der Waals surface area contributed by atoms with E-state index in [1.54, 1.807) is 0 Å². The Morgan fingerprint density at radius 3 is 2.77 bits per heavy atom. The minimum atomic E-state index is 0.162. The lowest BCUT2D eigenvalue weighted by molar-refractivity contribution is -0.129. The van der Waals surface area contributed by atoms with E-state index in [9.17, 15) is 4.79 Å². The molecule has 30 heavy (non-hydrogen) atoms. The van der Waals surface area contributed by atoms with E-state index in [1.807, 2.05) is 36.1 Å². The van der Waals surface area contributed by atoms with Gasteiger partial charge in [-0.1, -0.05) is 60.3 Å². The van der Waals surface area contributed by atoms with E-state index in [4.69, 9.17) is 4.98 Å². The molecular weight excluding hydrogens is 392 g/mol. The molecule has 1 aliphatic heterocycles. The number of fused-ring (bicyclic) bond motifs is 3. The summed E-state index contributed by atoms with van der Waals surface area (Å²) in [5.74, 6) is 0.560. The summed E-state index contributed by atoms with van der Waals surface area (Å²) in [5, 5.41) is 2.04. The number of thioether (sulfide) groups is 1. The van der Waals surface area contributed by atoms with Crippen molar-refractivity contribution in [1.29, 1.82) is 0 Å². The lowest BCUT2D eigenvalue weighted by atomic mass is 10.0. The quantitative estimate of drug-likeness (QED) is 0.472. The molecule has 0 saturated heterocycles. The van der Waals surface area contributed by atoms with E-state index in [1.165, 1.54) is 34.0 Å². The Morgan fingerprint density at radius 1 is 1.10 bits per heavy atom. The summed E-state index contributed by atoms with van der Waals surface area (Å²) < 4.78 is 0. The predicted octanol–water partition coefficient (Wildman–Crippen LogP) is 4.47. The van der Waals surface area contributed by atoms with Crippen LogP contribution in [0.2, 0.25) is 0 Å². The summed E-state index contributed by atoms with van der Waals surface area (Å²) in [5.41, 5.74) is 7.02. The summed E-state index contributed by atoms with van der Waals surface area (Å²) in [6, 6.07) is 18.7. The van der Waals surface area contributed by atoms with Crippen LogP contribution in [0.25, 0.3) is 10.9 Å². The molecule has 1 amide bonds. The molecule has 2 aromatic heterocycles. The molecule has 0 unspecified atom stereocenters. The molecule has 5 nitrogen and oxygen atoms in total. The number of hydrogen-bond acceptors (Lipinski definition) is 3. The number of nitrogens with one attached hydrogen (secondary N) is 2. The molecule has 3 heterocycles. The van der Waals surface area contributed by atoms with Gasteiger partial charge >= 0.3 is 0 Å². The Balaban J connectivity index is 1.23. The number of benzene rings is 2. The van der Waals surface area contributed by atoms with Crippen molar-refractivity contribution in [3.63, 3.8) is 0 Å². The number of rotatable bonds is 5. The molecule has 4 aromatic rings. The smallest absolute Gasteiger partial charge is 0.233 e. The van der Waals surface area contributed by atoms with Crippen molar-refractivity contribution >= 4 is 28.6 Å². The van der Waals surface area contributed by atoms with Crippen LogP contribution >= 0.6 is 11.8 Å². The first kappa shape index (κ1) is 19.0. The first-order chi connectivity index (χ1) is 14.7. The van der Waals surface area contributed by atoms with Crippen molar-refractivity contribution < 1.29 is 4.79 Å². The van der Waals surface area contributed by atoms with Crippen LogP contribution in [-0.4, -0.2) is 38.1 Å². The maximum absolute atomic E-state index is 12.9. The largest absolute Gasteiger partial charge is 0.358 e. The van der Waals surface area contributed by atoms with Gasteiger partial charge in [0.15, 0.2) is 5.16 Å². The van der Waals surface area contributed by atoms with E-state index < -0.39 is 0 Å². The fourth-order valence-corrected chi connectivity index (χ4v) is 4.94. The molecule has 2 aromatic carbocycles. The van der Waals surface area contributed by atoms with Crippen molar-refractivity contribution in [2.24, 2.45) is 0 Å². The summed E-state index contributed by atoms with van der Waals surface area (Å²) in [7, 11) is 0. The molecule has 2 N–H and O–H groups in total. The number of aryl methyl sites for hydroxylation is 1. The normalized spacial score (nSPS) is 13.6. The molecule has 0 radical (unpaired) electrons. The number of aromatic amines is 2. The second-order valence-corrected chi connectivity index (χ2v) is 8.72. The highest BCUT2D eigenvalue weighted by atomic mass is 32.2. The monoisotopic (exact) mass is 416 g/mol. The minimum absolute atomic E-state index is 0.162. The van der Waals surface area contributed by atoms with Crippen LogP contribution in [-0.2, 0) is 24.2 Å². The van der Waals surface area contributed by atoms with Gasteiger partial charge in [0.05, 0.1) is 11.4 Å². The van der Waals surface area contributed by atoms with Gasteiger partial charge in [-0.3, -0.25) is 4.79 Å². The highest BCUT2D eigenvalue weighted by Gasteiger charge is 2.24. The first-order valence-corrected chi connectivity index (χ1v) is 11.2. The molecule has 0 spiro atoms. The zero-order valence-electron chi connectivity index (χ0n) is 16.9. The van der Waals surface area contributed by atoms with Crippen molar-refractivity contribution in [3.05, 3.63) is 82.8 Å². The number of carbonyl (C=O) groups is 1. The Bertz CT molecular complexity index is 1190. The standard InChI is InChI=1S/C24H24N4OS/c1-16-22(13-17-7-3-2-4-8-17)27-24(25-16)30-15-23(29)28-12-11-21-19(14-28)18-9-5-6-10-20(18)26-21/h2-10,26H,11-15H2,1H3,(H,25,27). The van der Waals surface area contributed by atoms with Crippen LogP contribution in [0.3, 0.4) is 0 Å². The lowest BCUT2D eigenvalue weighted by Crippen LogP contribution is -2.36. The van der Waals surface area contributed by atoms with E-state index in [-0.39, 0.29) is 5.91 Å². The van der Waals surface area contributed by atoms with Crippen LogP contribution in [0.4, 0.5) is 0 Å². The second kappa shape index (κ2) is 8.03. The highest BCUT2D eigenvalue weighted by molar-refractivity contribution is 7.99. The van der Waals surface area contributed by atoms with Crippen molar-refractivity contribution in [3.8, 4) is 0 Å². The molecule has 0 fully saturated rings. The van der Waals surface area contributed by atoms with Crippen LogP contribution in [0.1, 0.15) is 28.2 Å². The van der Waals surface area contributed by atoms with Gasteiger partial charge in [-0.15, -0.1) is 0 Å². The van der Waals surface area contributed by atoms with E-state index in [0.717, 1.165) is 41.4 Å². The third-order valence-corrected chi connectivity index (χ3v) is 6.60. The van der Waals surface area contributed by atoms with Gasteiger partial charge in [-0.25, -0.2) is 4.98 Å². The van der Waals surface area contributed by atoms with Crippen LogP contribution in [0.15, 0.2) is 59.8 Å². The van der Waals surface area contributed by atoms with Gasteiger partial charge < -0.3 is 14.9 Å². The summed E-state index contributed by atoms with van der Waals surface area (Å²) >= 11 is 1.49. The van der Waals surface area contributed by atoms with Gasteiger partial charge in [0.2, 0.25) is 5.91 Å². The number of aromatic nitrogens is 3. The van der Waals surface area contributed by atoms with Crippen molar-refractivity contribution in [1.82, 2.24) is 19.9 Å². The van der Waals surface area contributed by atoms with Crippen LogP contribution < -0.4 is 0 Å². The maximum Gasteiger partial charge on any atom is 0.233 e. The third-order valence-electron chi connectivity index (χ3n) is 5.75. The molecule has 6 heteroatoms. The van der Waals surface area contributed by atoms with E-state index in [0.29, 0.717) is 12.3 Å². The zero-order chi connectivity index (χ0) is 20.5. The average molecular weight is 417 g/mol. The van der Waals surface area contributed by atoms with Crippen molar-refractivity contribution in [2.45, 2.75) is 31.5 Å². The topological polar surface area (TPSA) is 64.8 Å². The van der Waals surface area contributed by atoms with Crippen molar-refractivity contribution in [2.75, 3.05) is 12.3 Å². The number of amides is 1. The molecule has 0 bridgehead atoms. The summed E-state index contributed by atoms with van der Waals surface area (Å²) in [4.78, 5) is 26.4. The number of para-hydroxylation sites is 1. The molecule has 1 aliphatic rings. The van der Waals surface area contributed by atoms with Gasteiger partial charge in [0.1, 0.15) is 0 Å². The molecule has 0 aliphatic carbocycles. The number of carbonyl (C=O) groups excluding carboxylic acids is 1. The summed E-state index contributed by atoms with van der Waals surface area (Å²) in [6.45, 7) is 3.48. The fourth-order valence-electron chi connectivity index (χ4n) is 4.10. The molecule has 5 rings (SSSR count). The Labute approximate surface area is 179 Å². The number of nitrogens with zero attached hydrogens (tertiary/aromatic N) is 2. The predicted molar refractivity (Wildman–Crippen MR) is 121 cm³/mol. The minimum Gasteiger partial charge on any atom is -0.358 e. The first-order valence-electron chi connectivity index (χ1n) is 10.3. The Kier molecular flexibility index (Phi) is 5.09. The highest BCUT2D eigenvalue weighted by Crippen LogP contribution is 2.28. The van der Waals surface area contributed by atoms with Gasteiger partial charge in [-0.05, 0) is 18.6 Å². The van der Waals surface area contributed by atoms with E-state index >= 15 is 0 Å². The second-order valence-electron chi connectivity index (χ2n) is 7.76. The number of imidazole rings is 1. The zero-order valence-corrected chi connectivity index (χ0v) is 17.8. The summed E-state index contributed by atoms with van der Waals surface area (Å²) in [6.07, 6.45) is 1.68. The van der Waals surface area contributed by atoms with Crippen LogP contribution in [0.5, 0.6) is 0 Å². The van der Waals surface area contributed by atoms with Gasteiger partial charge in [-0.2, -0.15) is 0 Å². The Morgan fingerprint density at radius 2 is 1.90 bits per heavy atom.